The van der Waals surface area contributed by atoms with E-state index in [9.17, 15) is 0 Å². The van der Waals surface area contributed by atoms with Gasteiger partial charge >= 0.3 is 0 Å². The van der Waals surface area contributed by atoms with Gasteiger partial charge in [0.05, 0.1) is 0 Å². The third-order valence-corrected chi connectivity index (χ3v) is 3.31. The maximum Gasteiger partial charge on any atom is 0.0282 e. The van der Waals surface area contributed by atoms with Crippen LogP contribution in [0.25, 0.3) is 10.8 Å². The van der Waals surface area contributed by atoms with Crippen LogP contribution in [0.1, 0.15) is 18.5 Å². The lowest BCUT2D eigenvalue weighted by Crippen LogP contribution is -2.07. The molecule has 0 radical (unpaired) electrons. The molecule has 0 amide bonds. The van der Waals surface area contributed by atoms with Gasteiger partial charge in [-0.15, -0.1) is 0 Å². The number of hydrogen-bond acceptors (Lipinski definition) is 1. The first-order valence-electron chi connectivity index (χ1n) is 4.63. The van der Waals surface area contributed by atoms with Crippen molar-refractivity contribution in [3.63, 3.8) is 0 Å². The van der Waals surface area contributed by atoms with E-state index < -0.39 is 0 Å². The van der Waals surface area contributed by atoms with Gasteiger partial charge in [0.15, 0.2) is 0 Å². The highest BCUT2D eigenvalue weighted by Gasteiger charge is 2.08. The van der Waals surface area contributed by atoms with Crippen LogP contribution in [-0.2, 0) is 0 Å². The fraction of sp³-hybridized carbons (Fsp3) is 0.167. The SMILES string of the molecule is C[C@@H](N)c1c(I)ccc2ccccc12. The molecule has 0 unspecified atom stereocenters. The van der Waals surface area contributed by atoms with Crippen molar-refractivity contribution in [3.05, 3.63) is 45.5 Å². The van der Waals surface area contributed by atoms with Crippen molar-refractivity contribution < 1.29 is 0 Å². The van der Waals surface area contributed by atoms with Crippen molar-refractivity contribution in [2.75, 3.05) is 0 Å². The second-order valence-electron chi connectivity index (χ2n) is 3.47. The molecule has 0 bridgehead atoms. The Balaban J connectivity index is 2.83. The molecule has 0 aliphatic heterocycles. The monoisotopic (exact) mass is 297 g/mol. The van der Waals surface area contributed by atoms with Gasteiger partial charge in [-0.3, -0.25) is 0 Å². The van der Waals surface area contributed by atoms with E-state index in [2.05, 4.69) is 59.0 Å². The van der Waals surface area contributed by atoms with Crippen LogP contribution < -0.4 is 5.73 Å². The molecular weight excluding hydrogens is 285 g/mol. The van der Waals surface area contributed by atoms with E-state index in [4.69, 9.17) is 5.73 Å². The first kappa shape index (κ1) is 9.93. The lowest BCUT2D eigenvalue weighted by molar-refractivity contribution is 0.821. The Morgan fingerprint density at radius 2 is 1.86 bits per heavy atom. The van der Waals surface area contributed by atoms with Crippen molar-refractivity contribution >= 4 is 33.4 Å². The number of hydrogen-bond donors (Lipinski definition) is 1. The third kappa shape index (κ3) is 1.64. The van der Waals surface area contributed by atoms with Crippen molar-refractivity contribution in [2.45, 2.75) is 13.0 Å². The van der Waals surface area contributed by atoms with E-state index in [1.165, 1.54) is 19.9 Å². The second kappa shape index (κ2) is 3.87. The van der Waals surface area contributed by atoms with E-state index >= 15 is 0 Å². The third-order valence-electron chi connectivity index (χ3n) is 2.37. The van der Waals surface area contributed by atoms with Crippen molar-refractivity contribution in [1.82, 2.24) is 0 Å². The zero-order valence-corrected chi connectivity index (χ0v) is 10.2. The van der Waals surface area contributed by atoms with Gasteiger partial charge in [0.25, 0.3) is 0 Å². The summed E-state index contributed by atoms with van der Waals surface area (Å²) in [6, 6.07) is 12.7. The van der Waals surface area contributed by atoms with Gasteiger partial charge in [-0.05, 0) is 51.9 Å². The van der Waals surface area contributed by atoms with Gasteiger partial charge in [-0.25, -0.2) is 0 Å². The molecule has 0 spiro atoms. The predicted octanol–water partition coefficient (Wildman–Crippen LogP) is 3.46. The Bertz CT molecular complexity index is 463. The molecule has 1 nitrogen and oxygen atoms in total. The Kier molecular flexibility index (Phi) is 2.74. The van der Waals surface area contributed by atoms with Crippen LogP contribution in [0.4, 0.5) is 0 Å². The summed E-state index contributed by atoms with van der Waals surface area (Å²) in [5, 5.41) is 2.54. The molecule has 0 aromatic heterocycles. The van der Waals surface area contributed by atoms with Crippen LogP contribution in [0.2, 0.25) is 0 Å². The van der Waals surface area contributed by atoms with Crippen LogP contribution in [0.15, 0.2) is 36.4 Å². The van der Waals surface area contributed by atoms with Gasteiger partial charge < -0.3 is 5.73 Å². The molecule has 2 heteroatoms. The lowest BCUT2D eigenvalue weighted by Gasteiger charge is -2.12. The molecule has 14 heavy (non-hydrogen) atoms. The molecule has 0 fully saturated rings. The Hall–Kier alpha value is -0.610. The standard InChI is InChI=1S/C12H12IN/c1-8(14)12-10-5-3-2-4-9(10)6-7-11(12)13/h2-8H,14H2,1H3/t8-/m1/s1. The molecule has 0 aliphatic rings. The highest BCUT2D eigenvalue weighted by atomic mass is 127. The van der Waals surface area contributed by atoms with E-state index in [1.807, 2.05) is 6.92 Å². The highest BCUT2D eigenvalue weighted by Crippen LogP contribution is 2.27. The van der Waals surface area contributed by atoms with Crippen LogP contribution >= 0.6 is 22.6 Å². The lowest BCUT2D eigenvalue weighted by atomic mass is 10.0. The fourth-order valence-corrected chi connectivity index (χ4v) is 2.69. The first-order chi connectivity index (χ1) is 6.70. The number of benzene rings is 2. The minimum absolute atomic E-state index is 0.0907. The zero-order valence-electron chi connectivity index (χ0n) is 8.00. The maximum atomic E-state index is 5.98. The van der Waals surface area contributed by atoms with Gasteiger partial charge in [0, 0.05) is 9.61 Å². The minimum atomic E-state index is 0.0907. The second-order valence-corrected chi connectivity index (χ2v) is 4.63. The smallest absolute Gasteiger partial charge is 0.0282 e. The topological polar surface area (TPSA) is 26.0 Å². The summed E-state index contributed by atoms with van der Waals surface area (Å²) in [5.74, 6) is 0. The maximum absolute atomic E-state index is 5.98. The van der Waals surface area contributed by atoms with Crippen molar-refractivity contribution in [1.29, 1.82) is 0 Å². The average molecular weight is 297 g/mol. The van der Waals surface area contributed by atoms with Crippen LogP contribution in [-0.4, -0.2) is 0 Å². The van der Waals surface area contributed by atoms with Gasteiger partial charge in [0.2, 0.25) is 0 Å². The quantitative estimate of drug-likeness (QED) is 0.801. The molecule has 2 N–H and O–H groups in total. The highest BCUT2D eigenvalue weighted by molar-refractivity contribution is 14.1. The molecule has 0 heterocycles. The molecule has 0 saturated carbocycles. The first-order valence-corrected chi connectivity index (χ1v) is 5.71. The van der Waals surface area contributed by atoms with Crippen LogP contribution in [0, 0.1) is 3.57 Å². The molecule has 2 aromatic carbocycles. The van der Waals surface area contributed by atoms with Crippen molar-refractivity contribution in [3.8, 4) is 0 Å². The van der Waals surface area contributed by atoms with Crippen LogP contribution in [0.3, 0.4) is 0 Å². The normalized spacial score (nSPS) is 13.1. The molecular formula is C12H12IN. The molecule has 72 valence electrons. The number of nitrogens with two attached hydrogens (primary N) is 1. The summed E-state index contributed by atoms with van der Waals surface area (Å²) in [6.07, 6.45) is 0. The fourth-order valence-electron chi connectivity index (χ4n) is 1.73. The van der Waals surface area contributed by atoms with E-state index in [0.717, 1.165) is 0 Å². The van der Waals surface area contributed by atoms with E-state index in [-0.39, 0.29) is 6.04 Å². The van der Waals surface area contributed by atoms with Crippen molar-refractivity contribution in [2.24, 2.45) is 5.73 Å². The summed E-state index contributed by atoms with van der Waals surface area (Å²) in [5.41, 5.74) is 7.23. The van der Waals surface area contributed by atoms with E-state index in [1.54, 1.807) is 0 Å². The number of fused-ring (bicyclic) bond motifs is 1. The molecule has 0 saturated heterocycles. The predicted molar refractivity (Wildman–Crippen MR) is 69.3 cm³/mol. The largest absolute Gasteiger partial charge is 0.324 e. The van der Waals surface area contributed by atoms with Gasteiger partial charge in [-0.1, -0.05) is 30.3 Å². The Morgan fingerprint density at radius 3 is 2.57 bits per heavy atom. The summed E-state index contributed by atoms with van der Waals surface area (Å²) < 4.78 is 1.25. The molecule has 1 atom stereocenters. The summed E-state index contributed by atoms with van der Waals surface area (Å²) in [6.45, 7) is 2.03. The number of halogens is 1. The summed E-state index contributed by atoms with van der Waals surface area (Å²) in [7, 11) is 0. The Labute approximate surface area is 97.4 Å². The van der Waals surface area contributed by atoms with Crippen LogP contribution in [0.5, 0.6) is 0 Å². The molecule has 2 rings (SSSR count). The minimum Gasteiger partial charge on any atom is -0.324 e. The zero-order chi connectivity index (χ0) is 10.1. The summed E-state index contributed by atoms with van der Waals surface area (Å²) >= 11 is 2.34. The Morgan fingerprint density at radius 1 is 1.14 bits per heavy atom. The van der Waals surface area contributed by atoms with Gasteiger partial charge in [0.1, 0.15) is 0 Å². The number of rotatable bonds is 1. The molecule has 0 aliphatic carbocycles. The average Bonchev–Trinajstić information content (AvgIpc) is 2.17. The molecule has 2 aromatic rings. The van der Waals surface area contributed by atoms with Gasteiger partial charge in [-0.2, -0.15) is 0 Å². The van der Waals surface area contributed by atoms with E-state index in [0.29, 0.717) is 0 Å². The summed E-state index contributed by atoms with van der Waals surface area (Å²) in [4.78, 5) is 0.